The molecule has 0 N–H and O–H groups in total. The Labute approximate surface area is 121 Å². The Morgan fingerprint density at radius 3 is 2.00 bits per heavy atom. The van der Waals surface area contributed by atoms with Crippen molar-refractivity contribution in [3.8, 4) is 0 Å². The third kappa shape index (κ3) is 5.00. The molecular weight excluding hydrogens is 244 g/mol. The molecular formula is C19H22O. The van der Waals surface area contributed by atoms with Crippen molar-refractivity contribution in [1.82, 2.24) is 0 Å². The van der Waals surface area contributed by atoms with Crippen molar-refractivity contribution < 1.29 is 4.79 Å². The largest absolute Gasteiger partial charge is 0.303 e. The first kappa shape index (κ1) is 14.5. The normalized spacial score (nSPS) is 10.4. The smallest absolute Gasteiger partial charge is 0.120 e. The van der Waals surface area contributed by atoms with E-state index in [2.05, 4.69) is 54.6 Å². The molecule has 0 aromatic heterocycles. The predicted molar refractivity (Wildman–Crippen MR) is 83.9 cm³/mol. The van der Waals surface area contributed by atoms with Crippen LogP contribution in [-0.2, 0) is 24.1 Å². The minimum atomic E-state index is 0.622. The van der Waals surface area contributed by atoms with Crippen LogP contribution in [0.2, 0.25) is 0 Å². The lowest BCUT2D eigenvalue weighted by molar-refractivity contribution is -0.107. The fourth-order valence-electron chi connectivity index (χ4n) is 2.47. The van der Waals surface area contributed by atoms with Gasteiger partial charge in [0.05, 0.1) is 0 Å². The summed E-state index contributed by atoms with van der Waals surface area (Å²) in [6, 6.07) is 19.3. The highest BCUT2D eigenvalue weighted by atomic mass is 16.1. The molecule has 1 heteroatoms. The Balaban J connectivity index is 1.75. The average molecular weight is 266 g/mol. The zero-order chi connectivity index (χ0) is 14.0. The summed E-state index contributed by atoms with van der Waals surface area (Å²) in [5.74, 6) is 0. The first-order valence-corrected chi connectivity index (χ1v) is 7.44. The highest BCUT2D eigenvalue weighted by Crippen LogP contribution is 2.12. The van der Waals surface area contributed by atoms with E-state index >= 15 is 0 Å². The number of aldehydes is 1. The van der Waals surface area contributed by atoms with Crippen LogP contribution in [0.25, 0.3) is 0 Å². The van der Waals surface area contributed by atoms with Crippen LogP contribution in [0.4, 0.5) is 0 Å². The van der Waals surface area contributed by atoms with Gasteiger partial charge in [-0.3, -0.25) is 0 Å². The molecule has 0 aliphatic carbocycles. The summed E-state index contributed by atoms with van der Waals surface area (Å²) in [6.07, 6.45) is 7.20. The van der Waals surface area contributed by atoms with E-state index in [1.54, 1.807) is 0 Å². The van der Waals surface area contributed by atoms with Crippen molar-refractivity contribution >= 4 is 6.29 Å². The fraction of sp³-hybridized carbons (Fsp3) is 0.316. The molecule has 104 valence electrons. The van der Waals surface area contributed by atoms with Crippen molar-refractivity contribution in [2.75, 3.05) is 0 Å². The maximum atomic E-state index is 10.4. The predicted octanol–water partition coefficient (Wildman–Crippen LogP) is 4.38. The van der Waals surface area contributed by atoms with E-state index in [0.717, 1.165) is 25.5 Å². The van der Waals surface area contributed by atoms with Crippen LogP contribution in [0.1, 0.15) is 36.0 Å². The summed E-state index contributed by atoms with van der Waals surface area (Å²) >= 11 is 0. The van der Waals surface area contributed by atoms with Gasteiger partial charge in [0.2, 0.25) is 0 Å². The minimum absolute atomic E-state index is 0.622. The van der Waals surface area contributed by atoms with Gasteiger partial charge in [-0.2, -0.15) is 0 Å². The van der Waals surface area contributed by atoms with Gasteiger partial charge in [0, 0.05) is 6.42 Å². The van der Waals surface area contributed by atoms with E-state index < -0.39 is 0 Å². The molecule has 2 aromatic carbocycles. The van der Waals surface area contributed by atoms with Gasteiger partial charge in [0.15, 0.2) is 0 Å². The second-order valence-corrected chi connectivity index (χ2v) is 5.22. The summed E-state index contributed by atoms with van der Waals surface area (Å²) in [5.41, 5.74) is 4.09. The Kier molecular flexibility index (Phi) is 6.04. The van der Waals surface area contributed by atoms with Crippen molar-refractivity contribution in [1.29, 1.82) is 0 Å². The first-order chi connectivity index (χ1) is 9.88. The molecule has 0 atom stereocenters. The molecule has 0 aliphatic rings. The Morgan fingerprint density at radius 1 is 0.700 bits per heavy atom. The van der Waals surface area contributed by atoms with E-state index in [1.807, 2.05) is 0 Å². The summed E-state index contributed by atoms with van der Waals surface area (Å²) in [4.78, 5) is 10.4. The van der Waals surface area contributed by atoms with E-state index in [-0.39, 0.29) is 0 Å². The molecule has 0 bridgehead atoms. The van der Waals surface area contributed by atoms with Gasteiger partial charge in [-0.1, -0.05) is 54.6 Å². The molecule has 0 heterocycles. The molecule has 0 unspecified atom stereocenters. The van der Waals surface area contributed by atoms with Gasteiger partial charge in [-0.15, -0.1) is 0 Å². The quantitative estimate of drug-likeness (QED) is 0.512. The Bertz CT molecular complexity index is 516. The van der Waals surface area contributed by atoms with Crippen LogP contribution < -0.4 is 0 Å². The molecule has 0 amide bonds. The maximum absolute atomic E-state index is 10.4. The zero-order valence-corrected chi connectivity index (χ0v) is 11.9. The zero-order valence-electron chi connectivity index (χ0n) is 11.9. The van der Waals surface area contributed by atoms with Crippen molar-refractivity contribution in [3.05, 3.63) is 71.3 Å². The van der Waals surface area contributed by atoms with E-state index in [1.165, 1.54) is 29.5 Å². The average Bonchev–Trinajstić information content (AvgIpc) is 2.51. The standard InChI is InChI=1S/C19H22O/c20-15-7-14-19-13-6-12-18(16-19)11-5-4-10-17-8-2-1-3-9-17/h1-3,6,8-9,12-13,15-16H,4-5,7,10-11,14H2. The topological polar surface area (TPSA) is 17.1 Å². The van der Waals surface area contributed by atoms with Crippen LogP contribution in [0.5, 0.6) is 0 Å². The molecule has 0 spiro atoms. The molecule has 2 aromatic rings. The first-order valence-electron chi connectivity index (χ1n) is 7.44. The lowest BCUT2D eigenvalue weighted by Gasteiger charge is -2.05. The van der Waals surface area contributed by atoms with E-state index in [4.69, 9.17) is 0 Å². The highest BCUT2D eigenvalue weighted by Gasteiger charge is 1.98. The molecule has 1 nitrogen and oxygen atoms in total. The monoisotopic (exact) mass is 266 g/mol. The SMILES string of the molecule is O=CCCc1cccc(CCCCc2ccccc2)c1. The van der Waals surface area contributed by atoms with E-state index in [9.17, 15) is 4.79 Å². The number of aryl methyl sites for hydroxylation is 3. The van der Waals surface area contributed by atoms with Crippen molar-refractivity contribution in [2.45, 2.75) is 38.5 Å². The van der Waals surface area contributed by atoms with Gasteiger partial charge in [0.25, 0.3) is 0 Å². The van der Waals surface area contributed by atoms with Gasteiger partial charge < -0.3 is 4.79 Å². The third-order valence-electron chi connectivity index (χ3n) is 3.57. The molecule has 0 aliphatic heterocycles. The van der Waals surface area contributed by atoms with Crippen molar-refractivity contribution in [3.63, 3.8) is 0 Å². The molecule has 0 saturated carbocycles. The highest BCUT2D eigenvalue weighted by molar-refractivity contribution is 5.50. The van der Waals surface area contributed by atoms with Gasteiger partial charge in [-0.05, 0) is 48.8 Å². The molecule has 2 rings (SSSR count). The minimum Gasteiger partial charge on any atom is -0.303 e. The third-order valence-corrected chi connectivity index (χ3v) is 3.57. The lowest BCUT2D eigenvalue weighted by Crippen LogP contribution is -1.92. The van der Waals surface area contributed by atoms with E-state index in [0.29, 0.717) is 6.42 Å². The maximum Gasteiger partial charge on any atom is 0.120 e. The number of carbonyl (C=O) groups is 1. The molecule has 0 radical (unpaired) electrons. The Hall–Kier alpha value is -1.89. The number of hydrogen-bond donors (Lipinski definition) is 0. The van der Waals surface area contributed by atoms with Gasteiger partial charge in [-0.25, -0.2) is 0 Å². The number of benzene rings is 2. The number of hydrogen-bond acceptors (Lipinski definition) is 1. The van der Waals surface area contributed by atoms with Crippen LogP contribution in [0.15, 0.2) is 54.6 Å². The van der Waals surface area contributed by atoms with Crippen LogP contribution in [0, 0.1) is 0 Å². The summed E-state index contributed by atoms with van der Waals surface area (Å²) in [5, 5.41) is 0. The second kappa shape index (κ2) is 8.31. The summed E-state index contributed by atoms with van der Waals surface area (Å²) < 4.78 is 0. The van der Waals surface area contributed by atoms with Gasteiger partial charge >= 0.3 is 0 Å². The summed E-state index contributed by atoms with van der Waals surface area (Å²) in [6.45, 7) is 0. The van der Waals surface area contributed by atoms with Crippen LogP contribution >= 0.6 is 0 Å². The number of unbranched alkanes of at least 4 members (excludes halogenated alkanes) is 1. The Morgan fingerprint density at radius 2 is 1.30 bits per heavy atom. The van der Waals surface area contributed by atoms with Crippen LogP contribution in [0.3, 0.4) is 0 Å². The van der Waals surface area contributed by atoms with Gasteiger partial charge in [0.1, 0.15) is 6.29 Å². The lowest BCUT2D eigenvalue weighted by atomic mass is 10.0. The fourth-order valence-corrected chi connectivity index (χ4v) is 2.47. The number of rotatable bonds is 8. The van der Waals surface area contributed by atoms with Crippen LogP contribution in [-0.4, -0.2) is 6.29 Å². The van der Waals surface area contributed by atoms with Crippen molar-refractivity contribution in [2.24, 2.45) is 0 Å². The number of carbonyl (C=O) groups excluding carboxylic acids is 1. The molecule has 0 fully saturated rings. The second-order valence-electron chi connectivity index (χ2n) is 5.22. The molecule has 0 saturated heterocycles. The summed E-state index contributed by atoms with van der Waals surface area (Å²) in [7, 11) is 0. The molecule has 20 heavy (non-hydrogen) atoms.